The van der Waals surface area contributed by atoms with Gasteiger partial charge in [0.05, 0.1) is 11.0 Å². The zero-order valence-corrected chi connectivity index (χ0v) is 17.9. The second kappa shape index (κ2) is 6.01. The molecule has 0 atom stereocenters. The average Bonchev–Trinajstić information content (AvgIpc) is 3.28. The van der Waals surface area contributed by atoms with Crippen molar-refractivity contribution in [2.24, 2.45) is 0 Å². The highest BCUT2D eigenvalue weighted by Crippen LogP contribution is 2.53. The highest BCUT2D eigenvalue weighted by molar-refractivity contribution is 6.13. The molecule has 6 aromatic rings. The van der Waals surface area contributed by atoms with Crippen molar-refractivity contribution in [1.82, 2.24) is 19.5 Å². The fraction of sp³-hybridized carbons (Fsp3) is 0.107. The lowest BCUT2D eigenvalue weighted by Gasteiger charge is -2.23. The van der Waals surface area contributed by atoms with Crippen molar-refractivity contribution >= 4 is 32.6 Å². The van der Waals surface area contributed by atoms with Crippen LogP contribution in [0.2, 0.25) is 0 Å². The zero-order chi connectivity index (χ0) is 21.4. The van der Waals surface area contributed by atoms with E-state index in [-0.39, 0.29) is 5.41 Å². The van der Waals surface area contributed by atoms with Gasteiger partial charge >= 0.3 is 0 Å². The molecular formula is C28H20N4. The molecule has 0 bridgehead atoms. The van der Waals surface area contributed by atoms with Crippen LogP contribution in [-0.2, 0) is 5.41 Å². The summed E-state index contributed by atoms with van der Waals surface area (Å²) in [5, 5.41) is 4.99. The van der Waals surface area contributed by atoms with Crippen LogP contribution < -0.4 is 0 Å². The number of hydrogen-bond donors (Lipinski definition) is 0. The third-order valence-electron chi connectivity index (χ3n) is 6.99. The molecular weight excluding hydrogens is 392 g/mol. The SMILES string of the molecule is CC1(C)c2cc3ccccc3cc2-c2ccc3c4ccccc4n(-c4ncncn4)c3c21. The minimum absolute atomic E-state index is 0.159. The van der Waals surface area contributed by atoms with Crippen molar-refractivity contribution in [2.75, 3.05) is 0 Å². The van der Waals surface area contributed by atoms with Crippen LogP contribution >= 0.6 is 0 Å². The molecule has 4 nitrogen and oxygen atoms in total. The van der Waals surface area contributed by atoms with Gasteiger partial charge in [-0.05, 0) is 51.2 Å². The van der Waals surface area contributed by atoms with E-state index in [1.807, 2.05) is 0 Å². The van der Waals surface area contributed by atoms with Crippen molar-refractivity contribution in [3.05, 3.63) is 96.6 Å². The molecule has 152 valence electrons. The number of rotatable bonds is 1. The van der Waals surface area contributed by atoms with E-state index >= 15 is 0 Å². The van der Waals surface area contributed by atoms with Gasteiger partial charge in [-0.15, -0.1) is 0 Å². The maximum Gasteiger partial charge on any atom is 0.237 e. The van der Waals surface area contributed by atoms with E-state index in [1.165, 1.54) is 49.3 Å². The largest absolute Gasteiger partial charge is 0.277 e. The first-order valence-corrected chi connectivity index (χ1v) is 10.9. The van der Waals surface area contributed by atoms with Gasteiger partial charge in [0.25, 0.3) is 0 Å². The standard InChI is InChI=1S/C28H20N4/c1-28(2)23-14-18-8-4-3-7-17(18)13-22(23)20-11-12-21-19-9-5-6-10-24(19)32(26(21)25(20)28)27-30-15-29-16-31-27/h3-16H,1-2H3. The summed E-state index contributed by atoms with van der Waals surface area (Å²) in [5.74, 6) is 0.650. The van der Waals surface area contributed by atoms with E-state index in [0.29, 0.717) is 5.95 Å². The van der Waals surface area contributed by atoms with E-state index in [0.717, 1.165) is 5.52 Å². The van der Waals surface area contributed by atoms with Gasteiger partial charge < -0.3 is 0 Å². The molecule has 0 unspecified atom stereocenters. The molecule has 0 spiro atoms. The highest BCUT2D eigenvalue weighted by atomic mass is 15.2. The Kier molecular flexibility index (Phi) is 3.31. The topological polar surface area (TPSA) is 43.6 Å². The Labute approximate surface area is 185 Å². The fourth-order valence-corrected chi connectivity index (χ4v) is 5.59. The number of hydrogen-bond acceptors (Lipinski definition) is 3. The number of benzene rings is 4. The van der Waals surface area contributed by atoms with Gasteiger partial charge in [0.15, 0.2) is 0 Å². The van der Waals surface area contributed by atoms with Crippen LogP contribution in [0.25, 0.3) is 49.7 Å². The summed E-state index contributed by atoms with van der Waals surface area (Å²) in [6.45, 7) is 4.67. The van der Waals surface area contributed by atoms with Gasteiger partial charge in [0.1, 0.15) is 12.7 Å². The summed E-state index contributed by atoms with van der Waals surface area (Å²) in [6.07, 6.45) is 3.14. The minimum atomic E-state index is -0.159. The molecule has 32 heavy (non-hydrogen) atoms. The second-order valence-electron chi connectivity index (χ2n) is 9.05. The Bertz CT molecular complexity index is 1690. The monoisotopic (exact) mass is 412 g/mol. The van der Waals surface area contributed by atoms with E-state index in [2.05, 4.69) is 106 Å². The number of fused-ring (bicyclic) bond motifs is 8. The molecule has 0 amide bonds. The van der Waals surface area contributed by atoms with E-state index in [9.17, 15) is 0 Å². The molecule has 1 aliphatic rings. The lowest BCUT2D eigenvalue weighted by molar-refractivity contribution is 0.664. The van der Waals surface area contributed by atoms with E-state index in [4.69, 9.17) is 0 Å². The molecule has 4 aromatic carbocycles. The Balaban J connectivity index is 1.68. The molecule has 0 saturated carbocycles. The maximum atomic E-state index is 4.53. The molecule has 0 saturated heterocycles. The molecule has 0 fully saturated rings. The Morgan fingerprint density at radius 3 is 2.25 bits per heavy atom. The van der Waals surface area contributed by atoms with Crippen molar-refractivity contribution in [3.8, 4) is 17.1 Å². The summed E-state index contributed by atoms with van der Waals surface area (Å²) < 4.78 is 2.21. The normalized spacial score (nSPS) is 14.2. The summed E-state index contributed by atoms with van der Waals surface area (Å²) in [6, 6.07) is 26.4. The van der Waals surface area contributed by atoms with Gasteiger partial charge in [-0.3, -0.25) is 4.57 Å². The molecule has 0 N–H and O–H groups in total. The number of para-hydroxylation sites is 1. The Morgan fingerprint density at radius 1 is 0.719 bits per heavy atom. The zero-order valence-electron chi connectivity index (χ0n) is 17.9. The van der Waals surface area contributed by atoms with Crippen molar-refractivity contribution in [2.45, 2.75) is 19.3 Å². The van der Waals surface area contributed by atoms with Gasteiger partial charge in [-0.25, -0.2) is 15.0 Å². The predicted octanol–water partition coefficient (Wildman–Crippen LogP) is 6.43. The van der Waals surface area contributed by atoms with Crippen LogP contribution in [0, 0.1) is 0 Å². The van der Waals surface area contributed by atoms with Crippen LogP contribution in [0.1, 0.15) is 25.0 Å². The van der Waals surface area contributed by atoms with Crippen LogP contribution in [0.15, 0.2) is 85.5 Å². The maximum absolute atomic E-state index is 4.53. The number of nitrogens with zero attached hydrogens (tertiary/aromatic N) is 4. The van der Waals surface area contributed by atoms with Gasteiger partial charge in [-0.2, -0.15) is 0 Å². The Hall–Kier alpha value is -4.05. The highest BCUT2D eigenvalue weighted by Gasteiger charge is 2.39. The quantitative estimate of drug-likeness (QED) is 0.313. The summed E-state index contributed by atoms with van der Waals surface area (Å²) in [4.78, 5) is 13.1. The average molecular weight is 412 g/mol. The molecule has 2 heterocycles. The lowest BCUT2D eigenvalue weighted by Crippen LogP contribution is -2.17. The first kappa shape index (κ1) is 17.6. The minimum Gasteiger partial charge on any atom is -0.277 e. The second-order valence-corrected chi connectivity index (χ2v) is 9.05. The molecule has 4 heteroatoms. The molecule has 0 aliphatic heterocycles. The fourth-order valence-electron chi connectivity index (χ4n) is 5.59. The first-order valence-electron chi connectivity index (χ1n) is 10.9. The van der Waals surface area contributed by atoms with E-state index < -0.39 is 0 Å². The van der Waals surface area contributed by atoms with Gasteiger partial charge in [0.2, 0.25) is 5.95 Å². The van der Waals surface area contributed by atoms with Crippen LogP contribution in [0.4, 0.5) is 0 Å². The third-order valence-corrected chi connectivity index (χ3v) is 6.99. The van der Waals surface area contributed by atoms with Gasteiger partial charge in [0, 0.05) is 16.2 Å². The van der Waals surface area contributed by atoms with Crippen LogP contribution in [0.5, 0.6) is 0 Å². The Morgan fingerprint density at radius 2 is 1.44 bits per heavy atom. The lowest BCUT2D eigenvalue weighted by atomic mass is 9.81. The predicted molar refractivity (Wildman–Crippen MR) is 129 cm³/mol. The van der Waals surface area contributed by atoms with Gasteiger partial charge in [-0.1, -0.05) is 68.4 Å². The number of aromatic nitrogens is 4. The summed E-state index contributed by atoms with van der Waals surface area (Å²) >= 11 is 0. The smallest absolute Gasteiger partial charge is 0.237 e. The molecule has 2 aromatic heterocycles. The van der Waals surface area contributed by atoms with Crippen LogP contribution in [-0.4, -0.2) is 19.5 Å². The van der Waals surface area contributed by atoms with Crippen molar-refractivity contribution < 1.29 is 0 Å². The first-order chi connectivity index (χ1) is 15.6. The van der Waals surface area contributed by atoms with Crippen molar-refractivity contribution in [1.29, 1.82) is 0 Å². The molecule has 1 aliphatic carbocycles. The molecule has 7 rings (SSSR count). The van der Waals surface area contributed by atoms with Crippen molar-refractivity contribution in [3.63, 3.8) is 0 Å². The molecule has 0 radical (unpaired) electrons. The third kappa shape index (κ3) is 2.14. The van der Waals surface area contributed by atoms with Crippen LogP contribution in [0.3, 0.4) is 0 Å². The van der Waals surface area contributed by atoms with E-state index in [1.54, 1.807) is 12.7 Å². The summed E-state index contributed by atoms with van der Waals surface area (Å²) in [5.41, 5.74) is 7.44. The summed E-state index contributed by atoms with van der Waals surface area (Å²) in [7, 11) is 0.